The Hall–Kier alpha value is -1.49. The van der Waals surface area contributed by atoms with Gasteiger partial charge >= 0.3 is 0 Å². The van der Waals surface area contributed by atoms with Gasteiger partial charge in [0.05, 0.1) is 18.8 Å². The van der Waals surface area contributed by atoms with Crippen LogP contribution < -0.4 is 11.5 Å². The van der Waals surface area contributed by atoms with Crippen molar-refractivity contribution in [2.24, 2.45) is 16.5 Å². The number of hydrogen-bond acceptors (Lipinski definition) is 3. The molecule has 1 unspecified atom stereocenters. The largest absolute Gasteiger partial charge is 0.468 e. The van der Waals surface area contributed by atoms with Crippen molar-refractivity contribution in [2.75, 3.05) is 19.6 Å². The maximum absolute atomic E-state index is 5.45. The molecule has 88 valence electrons. The standard InChI is InChI=1S/C11H18N4O/c12-11(13)14-8-9(10-4-3-7-16-10)15-5-1-2-6-15/h3-4,7,9H,1-2,5-6,8H2,(H4,12,13,14). The number of aliphatic imine (C=N–C) groups is 1. The molecule has 0 amide bonds. The number of nitrogens with two attached hydrogens (primary N) is 2. The SMILES string of the molecule is NC(N)=NCC(c1ccco1)N1CCCC1. The van der Waals surface area contributed by atoms with Gasteiger partial charge in [0.1, 0.15) is 5.76 Å². The van der Waals surface area contributed by atoms with E-state index in [2.05, 4.69) is 9.89 Å². The van der Waals surface area contributed by atoms with Gasteiger partial charge in [0, 0.05) is 0 Å². The van der Waals surface area contributed by atoms with E-state index >= 15 is 0 Å². The van der Waals surface area contributed by atoms with E-state index in [0.717, 1.165) is 18.8 Å². The van der Waals surface area contributed by atoms with Gasteiger partial charge in [-0.05, 0) is 38.1 Å². The molecule has 0 bridgehead atoms. The highest BCUT2D eigenvalue weighted by Crippen LogP contribution is 2.25. The molecule has 5 nitrogen and oxygen atoms in total. The number of hydrogen-bond donors (Lipinski definition) is 2. The van der Waals surface area contributed by atoms with Crippen LogP contribution >= 0.6 is 0 Å². The predicted octanol–water partition coefficient (Wildman–Crippen LogP) is 0.690. The fraction of sp³-hybridized carbons (Fsp3) is 0.545. The Labute approximate surface area is 95.1 Å². The zero-order valence-corrected chi connectivity index (χ0v) is 9.30. The molecule has 0 spiro atoms. The summed E-state index contributed by atoms with van der Waals surface area (Å²) in [6.07, 6.45) is 4.16. The van der Waals surface area contributed by atoms with Crippen LogP contribution in [0.1, 0.15) is 24.6 Å². The quantitative estimate of drug-likeness (QED) is 0.580. The normalized spacial score (nSPS) is 18.5. The number of rotatable bonds is 4. The summed E-state index contributed by atoms with van der Waals surface area (Å²) in [5.41, 5.74) is 10.7. The third-order valence-corrected chi connectivity index (χ3v) is 2.90. The summed E-state index contributed by atoms with van der Waals surface area (Å²) in [5, 5.41) is 0. The summed E-state index contributed by atoms with van der Waals surface area (Å²) in [6.45, 7) is 2.74. The van der Waals surface area contributed by atoms with Gasteiger partial charge in [0.15, 0.2) is 5.96 Å². The first kappa shape index (κ1) is 11.0. The van der Waals surface area contributed by atoms with Crippen molar-refractivity contribution in [2.45, 2.75) is 18.9 Å². The summed E-state index contributed by atoms with van der Waals surface area (Å²) < 4.78 is 5.45. The van der Waals surface area contributed by atoms with Gasteiger partial charge in [-0.15, -0.1) is 0 Å². The van der Waals surface area contributed by atoms with E-state index in [0.29, 0.717) is 6.54 Å². The van der Waals surface area contributed by atoms with Crippen LogP contribution in [0.25, 0.3) is 0 Å². The molecule has 2 rings (SSSR count). The molecule has 4 N–H and O–H groups in total. The first-order chi connectivity index (χ1) is 7.77. The fourth-order valence-electron chi connectivity index (χ4n) is 2.11. The van der Waals surface area contributed by atoms with Crippen molar-refractivity contribution < 1.29 is 4.42 Å². The summed E-state index contributed by atoms with van der Waals surface area (Å²) >= 11 is 0. The Balaban J connectivity index is 2.09. The first-order valence-electron chi connectivity index (χ1n) is 5.60. The number of nitrogens with zero attached hydrogens (tertiary/aromatic N) is 2. The molecule has 1 aromatic rings. The number of furan rings is 1. The smallest absolute Gasteiger partial charge is 0.185 e. The van der Waals surface area contributed by atoms with Crippen LogP contribution in [0, 0.1) is 0 Å². The molecule has 2 heterocycles. The van der Waals surface area contributed by atoms with Gasteiger partial charge in [-0.2, -0.15) is 0 Å². The summed E-state index contributed by atoms with van der Waals surface area (Å²) in [7, 11) is 0. The number of likely N-dealkylation sites (tertiary alicyclic amines) is 1. The fourth-order valence-corrected chi connectivity index (χ4v) is 2.11. The second kappa shape index (κ2) is 5.03. The zero-order valence-electron chi connectivity index (χ0n) is 9.30. The maximum atomic E-state index is 5.45. The molecule has 0 aliphatic carbocycles. The second-order valence-electron chi connectivity index (χ2n) is 4.04. The highest BCUT2D eigenvalue weighted by molar-refractivity contribution is 5.75. The second-order valence-corrected chi connectivity index (χ2v) is 4.04. The third kappa shape index (κ3) is 2.55. The van der Waals surface area contributed by atoms with Crippen LogP contribution in [-0.4, -0.2) is 30.5 Å². The molecular weight excluding hydrogens is 204 g/mol. The van der Waals surface area contributed by atoms with E-state index in [1.807, 2.05) is 12.1 Å². The van der Waals surface area contributed by atoms with Gasteiger partial charge in [-0.1, -0.05) is 0 Å². The minimum absolute atomic E-state index is 0.135. The van der Waals surface area contributed by atoms with Crippen molar-refractivity contribution >= 4 is 5.96 Å². The van der Waals surface area contributed by atoms with Crippen molar-refractivity contribution in [3.63, 3.8) is 0 Å². The minimum atomic E-state index is 0.135. The zero-order chi connectivity index (χ0) is 11.4. The first-order valence-corrected chi connectivity index (χ1v) is 5.60. The van der Waals surface area contributed by atoms with Gasteiger partial charge in [0.2, 0.25) is 0 Å². The lowest BCUT2D eigenvalue weighted by Gasteiger charge is -2.24. The van der Waals surface area contributed by atoms with Gasteiger partial charge in [-0.25, -0.2) is 0 Å². The molecule has 0 radical (unpaired) electrons. The monoisotopic (exact) mass is 222 g/mol. The molecule has 5 heteroatoms. The molecule has 0 aromatic carbocycles. The Bertz CT molecular complexity index is 337. The van der Waals surface area contributed by atoms with Gasteiger partial charge in [0.25, 0.3) is 0 Å². The lowest BCUT2D eigenvalue weighted by Crippen LogP contribution is -2.30. The van der Waals surface area contributed by atoms with Crippen molar-refractivity contribution in [3.8, 4) is 0 Å². The van der Waals surface area contributed by atoms with E-state index in [1.165, 1.54) is 12.8 Å². The van der Waals surface area contributed by atoms with Crippen LogP contribution in [0.5, 0.6) is 0 Å². The number of guanidine groups is 1. The summed E-state index contributed by atoms with van der Waals surface area (Å²) in [5.74, 6) is 1.07. The van der Waals surface area contributed by atoms with Crippen molar-refractivity contribution in [3.05, 3.63) is 24.2 Å². The Morgan fingerprint density at radius 3 is 2.75 bits per heavy atom. The average molecular weight is 222 g/mol. The molecule has 1 aliphatic heterocycles. The molecule has 1 saturated heterocycles. The van der Waals surface area contributed by atoms with Crippen LogP contribution in [0.2, 0.25) is 0 Å². The van der Waals surface area contributed by atoms with Crippen molar-refractivity contribution in [1.29, 1.82) is 0 Å². The van der Waals surface area contributed by atoms with E-state index in [1.54, 1.807) is 6.26 Å². The van der Waals surface area contributed by atoms with Gasteiger partial charge in [-0.3, -0.25) is 9.89 Å². The molecular formula is C11H18N4O. The predicted molar refractivity (Wildman–Crippen MR) is 62.9 cm³/mol. The lowest BCUT2D eigenvalue weighted by molar-refractivity contribution is 0.221. The van der Waals surface area contributed by atoms with Crippen LogP contribution in [0.3, 0.4) is 0 Å². The summed E-state index contributed by atoms with van der Waals surface area (Å²) in [4.78, 5) is 6.46. The van der Waals surface area contributed by atoms with Crippen LogP contribution in [0.4, 0.5) is 0 Å². The summed E-state index contributed by atoms with van der Waals surface area (Å²) in [6, 6.07) is 4.04. The van der Waals surface area contributed by atoms with E-state index in [9.17, 15) is 0 Å². The minimum Gasteiger partial charge on any atom is -0.468 e. The van der Waals surface area contributed by atoms with Crippen LogP contribution in [-0.2, 0) is 0 Å². The Kier molecular flexibility index (Phi) is 3.46. The third-order valence-electron chi connectivity index (χ3n) is 2.90. The molecule has 1 fully saturated rings. The lowest BCUT2D eigenvalue weighted by atomic mass is 10.2. The van der Waals surface area contributed by atoms with Gasteiger partial charge < -0.3 is 15.9 Å². The molecule has 1 aliphatic rings. The molecule has 1 aromatic heterocycles. The molecule has 16 heavy (non-hydrogen) atoms. The maximum Gasteiger partial charge on any atom is 0.185 e. The van der Waals surface area contributed by atoms with E-state index < -0.39 is 0 Å². The van der Waals surface area contributed by atoms with Crippen LogP contribution in [0.15, 0.2) is 27.8 Å². The highest BCUT2D eigenvalue weighted by Gasteiger charge is 2.25. The van der Waals surface area contributed by atoms with E-state index in [4.69, 9.17) is 15.9 Å². The molecule has 0 saturated carbocycles. The topological polar surface area (TPSA) is 80.8 Å². The Morgan fingerprint density at radius 2 is 2.19 bits per heavy atom. The Morgan fingerprint density at radius 1 is 1.44 bits per heavy atom. The van der Waals surface area contributed by atoms with Crippen molar-refractivity contribution in [1.82, 2.24) is 4.90 Å². The average Bonchev–Trinajstić information content (AvgIpc) is 2.88. The molecule has 1 atom stereocenters. The van der Waals surface area contributed by atoms with E-state index in [-0.39, 0.29) is 12.0 Å². The highest BCUT2D eigenvalue weighted by atomic mass is 16.3.